The summed E-state index contributed by atoms with van der Waals surface area (Å²) in [7, 11) is 0. The van der Waals surface area contributed by atoms with Crippen LogP contribution in [0.25, 0.3) is 11.0 Å². The molecule has 7 heteroatoms. The van der Waals surface area contributed by atoms with E-state index in [-0.39, 0.29) is 22.5 Å². The number of carbonyl (C=O) groups excluding carboxylic acids is 1. The minimum Gasteiger partial charge on any atom is -0.504 e. The first-order chi connectivity index (χ1) is 12.1. The number of hydrogen-bond acceptors (Lipinski definition) is 6. The fourth-order valence-corrected chi connectivity index (χ4v) is 2.63. The molecule has 0 saturated heterocycles. The van der Waals surface area contributed by atoms with Gasteiger partial charge in [0, 0.05) is 17.1 Å². The summed E-state index contributed by atoms with van der Waals surface area (Å²) in [5.74, 6) is 0.616. The van der Waals surface area contributed by atoms with Crippen molar-refractivity contribution in [2.24, 2.45) is 0 Å². The molecule has 0 bridgehead atoms. The Bertz CT molecular complexity index is 1040. The molecule has 1 aliphatic heterocycles. The number of nitrogens with one attached hydrogen (secondary N) is 2. The van der Waals surface area contributed by atoms with Gasteiger partial charge in [-0.2, -0.15) is 0 Å². The Labute approximate surface area is 141 Å². The maximum atomic E-state index is 12.5. The zero-order valence-electron chi connectivity index (χ0n) is 13.0. The van der Waals surface area contributed by atoms with E-state index in [0.717, 1.165) is 0 Å². The van der Waals surface area contributed by atoms with E-state index in [2.05, 4.69) is 5.32 Å². The van der Waals surface area contributed by atoms with Gasteiger partial charge in [0.1, 0.15) is 18.8 Å². The van der Waals surface area contributed by atoms with Crippen LogP contribution >= 0.6 is 0 Å². The second-order valence-electron chi connectivity index (χ2n) is 5.50. The van der Waals surface area contributed by atoms with Crippen molar-refractivity contribution in [2.45, 2.75) is 0 Å². The van der Waals surface area contributed by atoms with Gasteiger partial charge >= 0.3 is 0 Å². The minimum atomic E-state index is -0.490. The van der Waals surface area contributed by atoms with Crippen molar-refractivity contribution >= 4 is 22.6 Å². The molecular weight excluding hydrogens is 324 g/mol. The minimum absolute atomic E-state index is 0.0630. The number of anilines is 1. The lowest BCUT2D eigenvalue weighted by molar-refractivity contribution is 0.102. The van der Waals surface area contributed by atoms with Gasteiger partial charge in [0.25, 0.3) is 5.91 Å². The van der Waals surface area contributed by atoms with E-state index >= 15 is 0 Å². The topological polar surface area (TPSA) is 105 Å². The molecule has 1 amide bonds. The highest BCUT2D eigenvalue weighted by Crippen LogP contribution is 2.32. The van der Waals surface area contributed by atoms with E-state index in [0.29, 0.717) is 35.8 Å². The van der Waals surface area contributed by atoms with Gasteiger partial charge in [-0.25, -0.2) is 0 Å². The second kappa shape index (κ2) is 5.86. The number of carbonyl (C=O) groups is 1. The van der Waals surface area contributed by atoms with E-state index in [9.17, 15) is 9.90 Å². The zero-order valence-corrected chi connectivity index (χ0v) is 13.0. The van der Waals surface area contributed by atoms with Crippen LogP contribution in [-0.2, 0) is 0 Å². The molecule has 1 aromatic heterocycles. The van der Waals surface area contributed by atoms with Crippen molar-refractivity contribution in [2.75, 3.05) is 18.5 Å². The smallest absolute Gasteiger partial charge is 0.261 e. The number of rotatable bonds is 2. The van der Waals surface area contributed by atoms with E-state index in [1.54, 1.807) is 30.3 Å². The number of benzene rings is 2. The van der Waals surface area contributed by atoms with Gasteiger partial charge in [0.05, 0.1) is 0 Å². The predicted octanol–water partition coefficient (Wildman–Crippen LogP) is 2.64. The van der Waals surface area contributed by atoms with E-state index in [1.165, 1.54) is 12.1 Å². The molecule has 2 heterocycles. The lowest BCUT2D eigenvalue weighted by Gasteiger charge is -2.19. The number of aromatic hydroxyl groups is 1. The summed E-state index contributed by atoms with van der Waals surface area (Å²) in [6.45, 7) is 0.945. The third-order valence-corrected chi connectivity index (χ3v) is 3.82. The average molecular weight is 338 g/mol. The van der Waals surface area contributed by atoms with Crippen LogP contribution in [0.5, 0.6) is 17.2 Å². The molecule has 0 fully saturated rings. The van der Waals surface area contributed by atoms with Crippen LogP contribution in [0.15, 0.2) is 46.9 Å². The van der Waals surface area contributed by atoms with Gasteiger partial charge in [0.2, 0.25) is 5.55 Å². The van der Waals surface area contributed by atoms with Crippen LogP contribution in [-0.4, -0.2) is 24.2 Å². The van der Waals surface area contributed by atoms with Crippen LogP contribution in [0.4, 0.5) is 5.69 Å². The molecule has 0 unspecified atom stereocenters. The maximum absolute atomic E-state index is 12.5. The summed E-state index contributed by atoms with van der Waals surface area (Å²) in [5.41, 5.74) is 0.421. The number of ether oxygens (including phenoxy) is 2. The van der Waals surface area contributed by atoms with Crippen LogP contribution in [0.2, 0.25) is 0 Å². The zero-order chi connectivity index (χ0) is 17.4. The van der Waals surface area contributed by atoms with Crippen LogP contribution in [0, 0.1) is 5.41 Å². The first kappa shape index (κ1) is 15.1. The average Bonchev–Trinajstić information content (AvgIpc) is 2.62. The lowest BCUT2D eigenvalue weighted by atomic mass is 10.1. The van der Waals surface area contributed by atoms with Crippen molar-refractivity contribution in [3.05, 3.63) is 53.6 Å². The van der Waals surface area contributed by atoms with Crippen molar-refractivity contribution in [3.8, 4) is 17.2 Å². The van der Waals surface area contributed by atoms with Crippen molar-refractivity contribution in [1.29, 1.82) is 5.41 Å². The largest absolute Gasteiger partial charge is 0.504 e. The number of amides is 1. The number of hydrogen-bond donors (Lipinski definition) is 3. The van der Waals surface area contributed by atoms with Crippen molar-refractivity contribution in [3.63, 3.8) is 0 Å². The van der Waals surface area contributed by atoms with E-state index < -0.39 is 5.91 Å². The van der Waals surface area contributed by atoms with Gasteiger partial charge < -0.3 is 24.3 Å². The van der Waals surface area contributed by atoms with E-state index in [4.69, 9.17) is 19.3 Å². The molecule has 3 aromatic rings. The fraction of sp³-hybridized carbons (Fsp3) is 0.111. The molecule has 0 aliphatic carbocycles. The first-order valence-electron chi connectivity index (χ1n) is 7.63. The molecule has 1 aliphatic rings. The molecule has 7 nitrogen and oxygen atoms in total. The summed E-state index contributed by atoms with van der Waals surface area (Å²) in [6.07, 6.45) is 0. The summed E-state index contributed by atoms with van der Waals surface area (Å²) >= 11 is 0. The quantitative estimate of drug-likeness (QED) is 0.666. The van der Waals surface area contributed by atoms with Gasteiger partial charge in [-0.1, -0.05) is 12.1 Å². The Balaban J connectivity index is 1.66. The molecule has 3 N–H and O–H groups in total. The van der Waals surface area contributed by atoms with Gasteiger partial charge in [-0.3, -0.25) is 10.2 Å². The van der Waals surface area contributed by atoms with Gasteiger partial charge in [-0.05, 0) is 24.3 Å². The number of para-hydroxylation sites is 1. The van der Waals surface area contributed by atoms with Gasteiger partial charge in [-0.15, -0.1) is 0 Å². The maximum Gasteiger partial charge on any atom is 0.261 e. The second-order valence-corrected chi connectivity index (χ2v) is 5.50. The monoisotopic (exact) mass is 338 g/mol. The van der Waals surface area contributed by atoms with Crippen LogP contribution in [0.1, 0.15) is 10.4 Å². The molecule has 4 rings (SSSR count). The molecule has 0 saturated carbocycles. The molecule has 2 aromatic carbocycles. The first-order valence-corrected chi connectivity index (χ1v) is 7.63. The van der Waals surface area contributed by atoms with Crippen LogP contribution < -0.4 is 20.3 Å². The van der Waals surface area contributed by atoms with Crippen molar-refractivity contribution < 1.29 is 23.8 Å². The molecule has 0 spiro atoms. The van der Waals surface area contributed by atoms with Crippen molar-refractivity contribution in [1.82, 2.24) is 0 Å². The van der Waals surface area contributed by atoms with Gasteiger partial charge in [0.15, 0.2) is 22.8 Å². The summed E-state index contributed by atoms with van der Waals surface area (Å²) in [6, 6.07) is 11.4. The lowest BCUT2D eigenvalue weighted by Crippen LogP contribution is -2.21. The molecule has 126 valence electrons. The molecule has 25 heavy (non-hydrogen) atoms. The predicted molar refractivity (Wildman–Crippen MR) is 89.1 cm³/mol. The Morgan fingerprint density at radius 3 is 2.72 bits per heavy atom. The third-order valence-electron chi connectivity index (χ3n) is 3.82. The normalized spacial score (nSPS) is 12.8. The number of fused-ring (bicyclic) bond motifs is 2. The number of phenolic OH excluding ortho intramolecular Hbond substituents is 1. The third kappa shape index (κ3) is 2.76. The fourth-order valence-electron chi connectivity index (χ4n) is 2.63. The highest BCUT2D eigenvalue weighted by atomic mass is 16.6. The summed E-state index contributed by atoms with van der Waals surface area (Å²) < 4.78 is 16.2. The summed E-state index contributed by atoms with van der Waals surface area (Å²) in [4.78, 5) is 12.5. The SMILES string of the molecule is N=c1oc2c(O)cccc2cc1C(=O)Nc1ccc2c(c1)OCCO2. The van der Waals surface area contributed by atoms with Crippen LogP contribution in [0.3, 0.4) is 0 Å². The van der Waals surface area contributed by atoms with E-state index in [1.807, 2.05) is 0 Å². The molecule has 0 radical (unpaired) electrons. The Hall–Kier alpha value is -3.48. The Kier molecular flexibility index (Phi) is 3.53. The standard InChI is InChI=1S/C18H14N2O5/c19-17-12(8-10-2-1-3-13(21)16(10)25-17)18(22)20-11-4-5-14-15(9-11)24-7-6-23-14/h1-5,8-9,19,21H,6-7H2,(H,20,22). The molecular formula is C18H14N2O5. The Morgan fingerprint density at radius 1 is 1.08 bits per heavy atom. The Morgan fingerprint density at radius 2 is 1.88 bits per heavy atom. The highest BCUT2D eigenvalue weighted by Gasteiger charge is 2.16. The summed E-state index contributed by atoms with van der Waals surface area (Å²) in [5, 5.41) is 20.9. The highest BCUT2D eigenvalue weighted by molar-refractivity contribution is 6.05. The number of phenols is 1. The molecule has 0 atom stereocenters.